The number of carbonyl (C=O) groups is 1. The highest BCUT2D eigenvalue weighted by molar-refractivity contribution is 5.97. The molecule has 0 saturated carbocycles. The number of aromatic nitrogens is 2. The molecule has 1 fully saturated rings. The van der Waals surface area contributed by atoms with E-state index in [-0.39, 0.29) is 11.8 Å². The molecule has 6 nitrogen and oxygen atoms in total. The van der Waals surface area contributed by atoms with Crippen LogP contribution < -0.4 is 10.1 Å². The van der Waals surface area contributed by atoms with E-state index in [2.05, 4.69) is 45.4 Å². The van der Waals surface area contributed by atoms with Gasteiger partial charge in [0, 0.05) is 23.1 Å². The number of pyridine rings is 1. The van der Waals surface area contributed by atoms with Crippen molar-refractivity contribution in [2.75, 3.05) is 32.1 Å². The number of nitrogens with zero attached hydrogens (tertiary/aromatic N) is 2. The van der Waals surface area contributed by atoms with E-state index >= 15 is 0 Å². The van der Waals surface area contributed by atoms with Crippen molar-refractivity contribution in [2.24, 2.45) is 5.92 Å². The average Bonchev–Trinajstić information content (AvgIpc) is 3.17. The van der Waals surface area contributed by atoms with Gasteiger partial charge in [0.2, 0.25) is 5.91 Å². The molecule has 1 aromatic carbocycles. The monoisotopic (exact) mass is 390 g/mol. The summed E-state index contributed by atoms with van der Waals surface area (Å²) in [6.45, 7) is 2.74. The Morgan fingerprint density at radius 2 is 2.10 bits per heavy atom. The maximum atomic E-state index is 12.6. The minimum absolute atomic E-state index is 0.0700. The van der Waals surface area contributed by atoms with E-state index in [0.29, 0.717) is 5.82 Å². The molecule has 4 heterocycles. The van der Waals surface area contributed by atoms with Gasteiger partial charge < -0.3 is 19.9 Å². The number of H-pyrrole nitrogens is 1. The van der Waals surface area contributed by atoms with Gasteiger partial charge in [-0.05, 0) is 81.2 Å². The molecule has 1 saturated heterocycles. The Kier molecular flexibility index (Phi) is 4.72. The number of likely N-dealkylation sites (tertiary alicyclic amines) is 1. The minimum Gasteiger partial charge on any atom is -0.493 e. The van der Waals surface area contributed by atoms with E-state index in [4.69, 9.17) is 4.74 Å². The summed E-state index contributed by atoms with van der Waals surface area (Å²) in [5.41, 5.74) is 4.33. The van der Waals surface area contributed by atoms with E-state index in [1.54, 1.807) is 0 Å². The topological polar surface area (TPSA) is 70.2 Å². The summed E-state index contributed by atoms with van der Waals surface area (Å²) in [6.07, 6.45) is 5.91. The highest BCUT2D eigenvalue weighted by atomic mass is 16.5. The van der Waals surface area contributed by atoms with Crippen LogP contribution in [0.4, 0.5) is 5.82 Å². The molecule has 5 rings (SSSR count). The third-order valence-electron chi connectivity index (χ3n) is 6.10. The van der Waals surface area contributed by atoms with Crippen LogP contribution in [0, 0.1) is 5.92 Å². The molecule has 29 heavy (non-hydrogen) atoms. The van der Waals surface area contributed by atoms with Crippen LogP contribution in [0.15, 0.2) is 36.5 Å². The van der Waals surface area contributed by atoms with Crippen molar-refractivity contribution in [2.45, 2.75) is 25.7 Å². The van der Waals surface area contributed by atoms with Crippen molar-refractivity contribution >= 4 is 22.8 Å². The number of anilines is 1. The van der Waals surface area contributed by atoms with Crippen LogP contribution in [0.3, 0.4) is 0 Å². The fourth-order valence-corrected chi connectivity index (χ4v) is 4.34. The van der Waals surface area contributed by atoms with E-state index in [0.717, 1.165) is 73.3 Å². The maximum absolute atomic E-state index is 12.6. The van der Waals surface area contributed by atoms with Crippen LogP contribution in [0.1, 0.15) is 24.8 Å². The van der Waals surface area contributed by atoms with Gasteiger partial charge >= 0.3 is 0 Å². The first-order valence-electron chi connectivity index (χ1n) is 10.4. The van der Waals surface area contributed by atoms with Crippen LogP contribution in [0.25, 0.3) is 22.2 Å². The zero-order valence-electron chi connectivity index (χ0n) is 16.7. The first kappa shape index (κ1) is 18.2. The number of rotatable bonds is 3. The molecule has 150 valence electrons. The fourth-order valence-electron chi connectivity index (χ4n) is 4.34. The van der Waals surface area contributed by atoms with Gasteiger partial charge in [0.05, 0.1) is 6.61 Å². The largest absolute Gasteiger partial charge is 0.493 e. The molecule has 2 aromatic heterocycles. The van der Waals surface area contributed by atoms with Gasteiger partial charge in [-0.25, -0.2) is 4.98 Å². The number of benzene rings is 1. The highest BCUT2D eigenvalue weighted by Crippen LogP contribution is 2.33. The van der Waals surface area contributed by atoms with E-state index < -0.39 is 0 Å². The normalized spacial score (nSPS) is 17.7. The van der Waals surface area contributed by atoms with Crippen molar-refractivity contribution in [1.82, 2.24) is 14.9 Å². The quantitative estimate of drug-likeness (QED) is 0.713. The molecular weight excluding hydrogens is 364 g/mol. The van der Waals surface area contributed by atoms with E-state index in [9.17, 15) is 4.79 Å². The standard InChI is InChI=1S/C23H26N4O2/c1-27-10-8-15(9-11-27)23(28)26-21-7-5-18-19(14-24-22(18)25-21)16-4-6-20-17(13-16)3-2-12-29-20/h4-7,13-15H,2-3,8-12H2,1H3,(H2,24,25,26,28). The number of aryl methyl sites for hydroxylation is 1. The molecule has 0 unspecified atom stereocenters. The summed E-state index contributed by atoms with van der Waals surface area (Å²) in [7, 11) is 2.10. The second-order valence-corrected chi connectivity index (χ2v) is 8.14. The summed E-state index contributed by atoms with van der Waals surface area (Å²) < 4.78 is 5.73. The molecule has 2 N–H and O–H groups in total. The van der Waals surface area contributed by atoms with E-state index in [1.807, 2.05) is 18.3 Å². The summed E-state index contributed by atoms with van der Waals surface area (Å²) in [6, 6.07) is 10.3. The van der Waals surface area contributed by atoms with Crippen molar-refractivity contribution in [1.29, 1.82) is 0 Å². The molecule has 2 aliphatic rings. The Morgan fingerprint density at radius 3 is 2.97 bits per heavy atom. The van der Waals surface area contributed by atoms with Gasteiger partial charge in [-0.3, -0.25) is 4.79 Å². The summed E-state index contributed by atoms with van der Waals surface area (Å²) in [5, 5.41) is 4.06. The van der Waals surface area contributed by atoms with Crippen LogP contribution in [-0.4, -0.2) is 47.5 Å². The molecule has 3 aromatic rings. The molecule has 0 atom stereocenters. The zero-order chi connectivity index (χ0) is 19.8. The van der Waals surface area contributed by atoms with Crippen LogP contribution in [0.2, 0.25) is 0 Å². The lowest BCUT2D eigenvalue weighted by Crippen LogP contribution is -2.36. The second kappa shape index (κ2) is 7.52. The maximum Gasteiger partial charge on any atom is 0.228 e. The van der Waals surface area contributed by atoms with Gasteiger partial charge in [0.15, 0.2) is 0 Å². The Bertz CT molecular complexity index is 1050. The summed E-state index contributed by atoms with van der Waals surface area (Å²) >= 11 is 0. The first-order chi connectivity index (χ1) is 14.2. The zero-order valence-corrected chi connectivity index (χ0v) is 16.7. The Hall–Kier alpha value is -2.86. The lowest BCUT2D eigenvalue weighted by molar-refractivity contribution is -0.121. The van der Waals surface area contributed by atoms with Crippen molar-refractivity contribution in [3.05, 3.63) is 42.1 Å². The predicted molar refractivity (Wildman–Crippen MR) is 114 cm³/mol. The highest BCUT2D eigenvalue weighted by Gasteiger charge is 2.23. The van der Waals surface area contributed by atoms with Crippen LogP contribution in [-0.2, 0) is 11.2 Å². The van der Waals surface area contributed by atoms with Crippen LogP contribution >= 0.6 is 0 Å². The molecule has 2 aliphatic heterocycles. The lowest BCUT2D eigenvalue weighted by atomic mass is 9.96. The number of hydrogen-bond acceptors (Lipinski definition) is 4. The predicted octanol–water partition coefficient (Wildman–Crippen LogP) is 3.84. The average molecular weight is 390 g/mol. The minimum atomic E-state index is 0.0700. The van der Waals surface area contributed by atoms with E-state index in [1.165, 1.54) is 5.56 Å². The van der Waals surface area contributed by atoms with Crippen molar-refractivity contribution < 1.29 is 9.53 Å². The summed E-state index contributed by atoms with van der Waals surface area (Å²) in [5.74, 6) is 1.75. The Labute approximate surface area is 170 Å². The number of hydrogen-bond donors (Lipinski definition) is 2. The number of ether oxygens (including phenoxy) is 1. The molecule has 0 aliphatic carbocycles. The SMILES string of the molecule is CN1CCC(C(=O)Nc2ccc3c(-c4ccc5c(c4)CCCO5)c[nH]c3n2)CC1. The fraction of sp³-hybridized carbons (Fsp3) is 0.391. The molecule has 1 amide bonds. The first-order valence-corrected chi connectivity index (χ1v) is 10.4. The number of amides is 1. The molecule has 0 spiro atoms. The molecule has 0 radical (unpaired) electrons. The second-order valence-electron chi connectivity index (χ2n) is 8.14. The number of nitrogens with one attached hydrogen (secondary N) is 2. The summed E-state index contributed by atoms with van der Waals surface area (Å²) in [4.78, 5) is 22.7. The van der Waals surface area contributed by atoms with Gasteiger partial charge in [0.25, 0.3) is 0 Å². The molecule has 6 heteroatoms. The number of carbonyl (C=O) groups excluding carboxylic acids is 1. The van der Waals surface area contributed by atoms with Crippen LogP contribution in [0.5, 0.6) is 5.75 Å². The van der Waals surface area contributed by atoms with Gasteiger partial charge in [-0.2, -0.15) is 0 Å². The number of piperidine rings is 1. The van der Waals surface area contributed by atoms with Crippen molar-refractivity contribution in [3.63, 3.8) is 0 Å². The van der Waals surface area contributed by atoms with Gasteiger partial charge in [-0.15, -0.1) is 0 Å². The number of fused-ring (bicyclic) bond motifs is 2. The van der Waals surface area contributed by atoms with Gasteiger partial charge in [-0.1, -0.05) is 6.07 Å². The third-order valence-corrected chi connectivity index (χ3v) is 6.10. The third kappa shape index (κ3) is 3.60. The van der Waals surface area contributed by atoms with Gasteiger partial charge in [0.1, 0.15) is 17.2 Å². The number of aromatic amines is 1. The Morgan fingerprint density at radius 1 is 1.24 bits per heavy atom. The Balaban J connectivity index is 1.37. The smallest absolute Gasteiger partial charge is 0.228 e. The molecular formula is C23H26N4O2. The van der Waals surface area contributed by atoms with Crippen molar-refractivity contribution in [3.8, 4) is 16.9 Å². The lowest BCUT2D eigenvalue weighted by Gasteiger charge is -2.27. The molecule has 0 bridgehead atoms.